The van der Waals surface area contributed by atoms with Crippen LogP contribution in [0, 0.1) is 5.82 Å². The monoisotopic (exact) mass is 442 g/mol. The van der Waals surface area contributed by atoms with Crippen LogP contribution in [0.1, 0.15) is 45.4 Å². The molecule has 0 atom stereocenters. The third-order valence-electron chi connectivity index (χ3n) is 6.60. The standard InChI is InChI=1S/C23H31FN6S/c1-2-28-13-15-29(16-14-28)23-27-30-21(25-19-7-5-3-4-6-8-19)20(26-22(30)31-23)17-9-11-18(24)12-10-17/h9-12,19,25H,2-8,13-16H2,1H3. The van der Waals surface area contributed by atoms with Crippen LogP contribution in [0.4, 0.5) is 15.3 Å². The highest BCUT2D eigenvalue weighted by molar-refractivity contribution is 7.20. The Labute approximate surface area is 187 Å². The van der Waals surface area contributed by atoms with Crippen LogP contribution in [0.25, 0.3) is 16.2 Å². The molecular weight excluding hydrogens is 411 g/mol. The van der Waals surface area contributed by atoms with Crippen molar-refractivity contribution in [2.24, 2.45) is 0 Å². The maximum atomic E-state index is 13.5. The lowest BCUT2D eigenvalue weighted by Gasteiger charge is -2.33. The largest absolute Gasteiger partial charge is 0.365 e. The van der Waals surface area contributed by atoms with Gasteiger partial charge in [0.2, 0.25) is 10.1 Å². The molecule has 2 aromatic heterocycles. The third-order valence-corrected chi connectivity index (χ3v) is 7.57. The number of piperazine rings is 1. The molecule has 0 unspecified atom stereocenters. The first kappa shape index (κ1) is 20.7. The first-order chi connectivity index (χ1) is 15.2. The Morgan fingerprint density at radius 2 is 1.74 bits per heavy atom. The van der Waals surface area contributed by atoms with E-state index >= 15 is 0 Å². The molecule has 2 fully saturated rings. The van der Waals surface area contributed by atoms with Gasteiger partial charge in [-0.05, 0) is 43.7 Å². The summed E-state index contributed by atoms with van der Waals surface area (Å²) >= 11 is 1.65. The second kappa shape index (κ2) is 9.12. The van der Waals surface area contributed by atoms with Crippen molar-refractivity contribution in [3.05, 3.63) is 30.1 Å². The topological polar surface area (TPSA) is 48.7 Å². The average molecular weight is 443 g/mol. The number of imidazole rings is 1. The van der Waals surface area contributed by atoms with Crippen molar-refractivity contribution in [2.75, 3.05) is 42.9 Å². The normalized spacial score (nSPS) is 19.1. The number of hydrogen-bond donors (Lipinski definition) is 1. The van der Waals surface area contributed by atoms with Gasteiger partial charge < -0.3 is 15.1 Å². The van der Waals surface area contributed by atoms with Gasteiger partial charge in [-0.15, -0.1) is 5.10 Å². The predicted molar refractivity (Wildman–Crippen MR) is 126 cm³/mol. The van der Waals surface area contributed by atoms with E-state index in [0.717, 1.165) is 59.9 Å². The highest BCUT2D eigenvalue weighted by atomic mass is 32.1. The third kappa shape index (κ3) is 4.41. The van der Waals surface area contributed by atoms with Gasteiger partial charge in [0, 0.05) is 37.8 Å². The van der Waals surface area contributed by atoms with Crippen LogP contribution in [-0.4, -0.2) is 58.3 Å². The van der Waals surface area contributed by atoms with E-state index in [2.05, 4.69) is 22.0 Å². The Kier molecular flexibility index (Phi) is 6.09. The highest BCUT2D eigenvalue weighted by Gasteiger charge is 2.24. The smallest absolute Gasteiger partial charge is 0.216 e. The molecule has 0 radical (unpaired) electrons. The molecular formula is C23H31FN6S. The van der Waals surface area contributed by atoms with E-state index in [9.17, 15) is 4.39 Å². The van der Waals surface area contributed by atoms with E-state index in [0.29, 0.717) is 6.04 Å². The number of likely N-dealkylation sites (N-methyl/N-ethyl adjacent to an activating group) is 1. The number of anilines is 2. The van der Waals surface area contributed by atoms with Gasteiger partial charge in [-0.1, -0.05) is 43.9 Å². The summed E-state index contributed by atoms with van der Waals surface area (Å²) in [5.41, 5.74) is 1.79. The summed E-state index contributed by atoms with van der Waals surface area (Å²) < 4.78 is 15.5. The van der Waals surface area contributed by atoms with Crippen LogP contribution in [0.5, 0.6) is 0 Å². The molecule has 31 heavy (non-hydrogen) atoms. The lowest BCUT2D eigenvalue weighted by molar-refractivity contribution is 0.271. The zero-order valence-corrected chi connectivity index (χ0v) is 19.0. The summed E-state index contributed by atoms with van der Waals surface area (Å²) in [7, 11) is 0. The molecule has 5 rings (SSSR count). The van der Waals surface area contributed by atoms with Gasteiger partial charge in [0.1, 0.15) is 11.5 Å². The van der Waals surface area contributed by atoms with E-state index in [-0.39, 0.29) is 5.82 Å². The molecule has 6 nitrogen and oxygen atoms in total. The number of rotatable bonds is 5. The van der Waals surface area contributed by atoms with Gasteiger partial charge in [-0.3, -0.25) is 0 Å². The number of hydrogen-bond acceptors (Lipinski definition) is 6. The van der Waals surface area contributed by atoms with Crippen molar-refractivity contribution in [2.45, 2.75) is 51.5 Å². The summed E-state index contributed by atoms with van der Waals surface area (Å²) in [6.07, 6.45) is 7.49. The summed E-state index contributed by atoms with van der Waals surface area (Å²) in [5, 5.41) is 9.80. The van der Waals surface area contributed by atoms with E-state index in [1.54, 1.807) is 11.3 Å². The molecule has 1 saturated carbocycles. The van der Waals surface area contributed by atoms with Gasteiger partial charge in [0.05, 0.1) is 0 Å². The van der Waals surface area contributed by atoms with E-state index < -0.39 is 0 Å². The van der Waals surface area contributed by atoms with Gasteiger partial charge in [-0.2, -0.15) is 4.52 Å². The van der Waals surface area contributed by atoms with Crippen molar-refractivity contribution in [1.29, 1.82) is 0 Å². The van der Waals surface area contributed by atoms with E-state index in [4.69, 9.17) is 10.1 Å². The molecule has 0 amide bonds. The Hall–Kier alpha value is -2.19. The lowest BCUT2D eigenvalue weighted by atomic mass is 10.1. The highest BCUT2D eigenvalue weighted by Crippen LogP contribution is 2.35. The van der Waals surface area contributed by atoms with Crippen molar-refractivity contribution in [3.63, 3.8) is 0 Å². The number of benzene rings is 1. The molecule has 3 heterocycles. The van der Waals surface area contributed by atoms with Crippen LogP contribution in [0.2, 0.25) is 0 Å². The summed E-state index contributed by atoms with van der Waals surface area (Å²) in [5.74, 6) is 0.720. The minimum atomic E-state index is -0.227. The van der Waals surface area contributed by atoms with Crippen LogP contribution in [0.15, 0.2) is 24.3 Å². The fourth-order valence-electron chi connectivity index (χ4n) is 4.68. The predicted octanol–water partition coefficient (Wildman–Crippen LogP) is 4.87. The van der Waals surface area contributed by atoms with Crippen LogP contribution in [-0.2, 0) is 0 Å². The maximum Gasteiger partial charge on any atom is 0.216 e. The van der Waals surface area contributed by atoms with Gasteiger partial charge in [0.15, 0.2) is 5.82 Å². The average Bonchev–Trinajstić information content (AvgIpc) is 3.24. The molecule has 166 valence electrons. The molecule has 1 N–H and O–H groups in total. The van der Waals surface area contributed by atoms with Crippen molar-refractivity contribution >= 4 is 27.2 Å². The zero-order valence-electron chi connectivity index (χ0n) is 18.2. The fourth-order valence-corrected chi connectivity index (χ4v) is 5.63. The van der Waals surface area contributed by atoms with Crippen molar-refractivity contribution < 1.29 is 4.39 Å². The molecule has 3 aromatic rings. The summed E-state index contributed by atoms with van der Waals surface area (Å²) in [4.78, 5) is 10.7. The second-order valence-corrected chi connectivity index (χ2v) is 9.58. The SMILES string of the molecule is CCN1CCN(c2nn3c(NC4CCCCCC4)c(-c4ccc(F)cc4)nc3s2)CC1. The number of halogens is 1. The molecule has 1 aliphatic heterocycles. The first-order valence-electron chi connectivity index (χ1n) is 11.6. The Bertz CT molecular complexity index is 997. The lowest BCUT2D eigenvalue weighted by Crippen LogP contribution is -2.46. The molecule has 1 aromatic carbocycles. The van der Waals surface area contributed by atoms with Crippen LogP contribution >= 0.6 is 11.3 Å². The molecule has 0 bridgehead atoms. The molecule has 8 heteroatoms. The van der Waals surface area contributed by atoms with Gasteiger partial charge in [-0.25, -0.2) is 9.37 Å². The Morgan fingerprint density at radius 1 is 1.03 bits per heavy atom. The molecule has 1 aliphatic carbocycles. The molecule has 2 aliphatic rings. The van der Waals surface area contributed by atoms with Crippen molar-refractivity contribution in [1.82, 2.24) is 19.5 Å². The quantitative estimate of drug-likeness (QED) is 0.571. The Morgan fingerprint density at radius 3 is 2.42 bits per heavy atom. The summed E-state index contributed by atoms with van der Waals surface area (Å²) in [6.45, 7) is 7.47. The van der Waals surface area contributed by atoms with Gasteiger partial charge >= 0.3 is 0 Å². The van der Waals surface area contributed by atoms with Crippen LogP contribution < -0.4 is 10.2 Å². The fraction of sp³-hybridized carbons (Fsp3) is 0.565. The number of fused-ring (bicyclic) bond motifs is 1. The molecule has 1 saturated heterocycles. The van der Waals surface area contributed by atoms with Gasteiger partial charge in [0.25, 0.3) is 0 Å². The molecule has 0 spiro atoms. The number of aromatic nitrogens is 3. The minimum Gasteiger partial charge on any atom is -0.365 e. The van der Waals surface area contributed by atoms with E-state index in [1.807, 2.05) is 16.6 Å². The van der Waals surface area contributed by atoms with Crippen LogP contribution in [0.3, 0.4) is 0 Å². The summed E-state index contributed by atoms with van der Waals surface area (Å²) in [6, 6.07) is 7.06. The van der Waals surface area contributed by atoms with Crippen molar-refractivity contribution in [3.8, 4) is 11.3 Å². The Balaban J connectivity index is 1.48. The second-order valence-electron chi connectivity index (χ2n) is 8.65. The maximum absolute atomic E-state index is 13.5. The zero-order chi connectivity index (χ0) is 21.2. The first-order valence-corrected chi connectivity index (χ1v) is 12.4. The number of nitrogens with one attached hydrogen (secondary N) is 1. The number of nitrogens with zero attached hydrogens (tertiary/aromatic N) is 5. The van der Waals surface area contributed by atoms with E-state index in [1.165, 1.54) is 50.7 Å². The minimum absolute atomic E-state index is 0.227.